The van der Waals surface area contributed by atoms with Gasteiger partial charge in [0.2, 0.25) is 5.91 Å². The number of anilines is 1. The molecule has 4 N–H and O–H groups in total. The van der Waals surface area contributed by atoms with Crippen LogP contribution >= 0.6 is 0 Å². The van der Waals surface area contributed by atoms with Gasteiger partial charge in [0.15, 0.2) is 5.78 Å². The van der Waals surface area contributed by atoms with E-state index in [-0.39, 0.29) is 23.0 Å². The number of carbonyl (C=O) groups is 3. The van der Waals surface area contributed by atoms with Gasteiger partial charge in [-0.25, -0.2) is 14.4 Å². The number of aromatic nitrogens is 2. The molecule has 1 aliphatic heterocycles. The molecule has 2 aliphatic rings. The van der Waals surface area contributed by atoms with E-state index in [1.165, 1.54) is 25.4 Å². The first kappa shape index (κ1) is 24.5. The van der Waals surface area contributed by atoms with Crippen molar-refractivity contribution in [3.63, 3.8) is 0 Å². The average Bonchev–Trinajstić information content (AvgIpc) is 3.63. The SMILES string of the molecule is CC(O)C(=O)c1c(F)cccc1N1CCC(CNC(=O)C2(NC(=O)c3cnc(O)nc3)CC2)CC1. The predicted octanol–water partition coefficient (Wildman–Crippen LogP) is 1.18. The molecule has 1 atom stereocenters. The molecule has 11 heteroatoms. The highest BCUT2D eigenvalue weighted by molar-refractivity contribution is 6.04. The van der Waals surface area contributed by atoms with Crippen LogP contribution in [0.3, 0.4) is 0 Å². The first-order valence-electron chi connectivity index (χ1n) is 11.6. The Labute approximate surface area is 201 Å². The second-order valence-corrected chi connectivity index (χ2v) is 9.12. The fourth-order valence-electron chi connectivity index (χ4n) is 4.28. The Morgan fingerprint density at radius 1 is 1.20 bits per heavy atom. The highest BCUT2D eigenvalue weighted by Gasteiger charge is 2.51. The average molecular weight is 486 g/mol. The van der Waals surface area contributed by atoms with E-state index < -0.39 is 35.2 Å². The van der Waals surface area contributed by atoms with Crippen LogP contribution in [0.2, 0.25) is 0 Å². The monoisotopic (exact) mass is 485 g/mol. The molecule has 2 aromatic rings. The molecule has 1 saturated carbocycles. The summed E-state index contributed by atoms with van der Waals surface area (Å²) in [5.74, 6) is -1.84. The van der Waals surface area contributed by atoms with E-state index in [9.17, 15) is 23.9 Å². The van der Waals surface area contributed by atoms with Gasteiger partial charge in [-0.2, -0.15) is 0 Å². The van der Waals surface area contributed by atoms with E-state index in [0.29, 0.717) is 38.2 Å². The van der Waals surface area contributed by atoms with Gasteiger partial charge < -0.3 is 25.7 Å². The lowest BCUT2D eigenvalue weighted by molar-refractivity contribution is -0.124. The minimum Gasteiger partial charge on any atom is -0.479 e. The van der Waals surface area contributed by atoms with Crippen LogP contribution in [0.4, 0.5) is 10.1 Å². The van der Waals surface area contributed by atoms with E-state index in [4.69, 9.17) is 5.11 Å². The number of benzene rings is 1. The van der Waals surface area contributed by atoms with Crippen LogP contribution in [-0.2, 0) is 4.79 Å². The summed E-state index contributed by atoms with van der Waals surface area (Å²) in [6.07, 6.45) is 3.60. The zero-order valence-corrected chi connectivity index (χ0v) is 19.3. The van der Waals surface area contributed by atoms with E-state index >= 15 is 0 Å². The molecule has 2 amide bonds. The Hall–Kier alpha value is -3.60. The smallest absolute Gasteiger partial charge is 0.313 e. The molecule has 10 nitrogen and oxygen atoms in total. The van der Waals surface area contributed by atoms with Crippen LogP contribution < -0.4 is 15.5 Å². The molecule has 0 radical (unpaired) electrons. The molecule has 35 heavy (non-hydrogen) atoms. The number of nitrogens with zero attached hydrogens (tertiary/aromatic N) is 3. The lowest BCUT2D eigenvalue weighted by Crippen LogP contribution is -2.50. The third kappa shape index (κ3) is 5.40. The van der Waals surface area contributed by atoms with Gasteiger partial charge >= 0.3 is 6.01 Å². The molecule has 1 saturated heterocycles. The van der Waals surface area contributed by atoms with Crippen molar-refractivity contribution in [2.45, 2.75) is 44.2 Å². The van der Waals surface area contributed by atoms with Crippen LogP contribution in [0.1, 0.15) is 53.3 Å². The predicted molar refractivity (Wildman–Crippen MR) is 123 cm³/mol. The second-order valence-electron chi connectivity index (χ2n) is 9.12. The number of nitrogens with one attached hydrogen (secondary N) is 2. The van der Waals surface area contributed by atoms with Gasteiger partial charge in [0.25, 0.3) is 5.91 Å². The Kier molecular flexibility index (Phi) is 6.97. The van der Waals surface area contributed by atoms with Crippen molar-refractivity contribution < 1.29 is 29.0 Å². The van der Waals surface area contributed by atoms with Gasteiger partial charge in [-0.15, -0.1) is 0 Å². The number of amides is 2. The number of ketones is 1. The maximum Gasteiger partial charge on any atom is 0.313 e. The van der Waals surface area contributed by atoms with Crippen LogP contribution in [0.15, 0.2) is 30.6 Å². The summed E-state index contributed by atoms with van der Waals surface area (Å²) in [5, 5.41) is 24.5. The highest BCUT2D eigenvalue weighted by Crippen LogP contribution is 2.36. The standard InChI is InChI=1S/C24H28FN5O5/c1-14(31)20(32)19-17(25)3-2-4-18(19)30-9-5-15(6-10-30)11-26-22(34)24(7-8-24)29-21(33)16-12-27-23(35)28-13-16/h2-4,12-15,31H,5-11H2,1H3,(H,26,34)(H,29,33)(H,27,28,35). The fourth-order valence-corrected chi connectivity index (χ4v) is 4.28. The number of piperidine rings is 1. The molecule has 1 aromatic carbocycles. The normalized spacial score (nSPS) is 18.0. The van der Waals surface area contributed by atoms with Gasteiger partial charge in [0, 0.05) is 32.0 Å². The number of aromatic hydroxyl groups is 1. The van der Waals surface area contributed by atoms with Crippen molar-refractivity contribution in [1.82, 2.24) is 20.6 Å². The van der Waals surface area contributed by atoms with Gasteiger partial charge in [-0.05, 0) is 50.7 Å². The Morgan fingerprint density at radius 2 is 1.86 bits per heavy atom. The van der Waals surface area contributed by atoms with Crippen molar-refractivity contribution in [2.24, 2.45) is 5.92 Å². The Bertz CT molecular complexity index is 1110. The molecule has 0 bridgehead atoms. The zero-order chi connectivity index (χ0) is 25.2. The number of aliphatic hydroxyl groups is 1. The summed E-state index contributed by atoms with van der Waals surface area (Å²) in [4.78, 5) is 46.6. The topological polar surface area (TPSA) is 145 Å². The summed E-state index contributed by atoms with van der Waals surface area (Å²) < 4.78 is 14.4. The van der Waals surface area contributed by atoms with Gasteiger partial charge in [-0.3, -0.25) is 14.4 Å². The summed E-state index contributed by atoms with van der Waals surface area (Å²) in [6.45, 7) is 2.91. The zero-order valence-electron chi connectivity index (χ0n) is 19.3. The van der Waals surface area contributed by atoms with Gasteiger partial charge in [-0.1, -0.05) is 6.07 Å². The Balaban J connectivity index is 1.30. The van der Waals surface area contributed by atoms with E-state index in [1.54, 1.807) is 12.1 Å². The van der Waals surface area contributed by atoms with Crippen LogP contribution in [0.5, 0.6) is 6.01 Å². The largest absolute Gasteiger partial charge is 0.479 e. The van der Waals surface area contributed by atoms with Crippen molar-refractivity contribution in [2.75, 3.05) is 24.5 Å². The Morgan fingerprint density at radius 3 is 2.46 bits per heavy atom. The molecule has 2 fully saturated rings. The van der Waals surface area contributed by atoms with Gasteiger partial charge in [0.1, 0.15) is 17.5 Å². The summed E-state index contributed by atoms with van der Waals surface area (Å²) in [7, 11) is 0. The number of Topliss-reactive ketones (excluding diaryl/α,β-unsaturated/α-hetero) is 1. The second kappa shape index (κ2) is 9.95. The molecule has 2 heterocycles. The molecular formula is C24H28FN5O5. The van der Waals surface area contributed by atoms with E-state index in [2.05, 4.69) is 20.6 Å². The molecule has 1 unspecified atom stereocenters. The summed E-state index contributed by atoms with van der Waals surface area (Å²) in [6, 6.07) is 4.00. The quantitative estimate of drug-likeness (QED) is 0.408. The molecular weight excluding hydrogens is 457 g/mol. The molecule has 186 valence electrons. The number of halogens is 1. The van der Waals surface area contributed by atoms with Crippen molar-refractivity contribution in [1.29, 1.82) is 0 Å². The minimum absolute atomic E-state index is 0.0975. The lowest BCUT2D eigenvalue weighted by atomic mass is 9.94. The molecule has 4 rings (SSSR count). The minimum atomic E-state index is -1.30. The molecule has 1 aliphatic carbocycles. The first-order valence-corrected chi connectivity index (χ1v) is 11.6. The number of aliphatic hydroxyl groups excluding tert-OH is 1. The third-order valence-corrected chi connectivity index (χ3v) is 6.56. The summed E-state index contributed by atoms with van der Waals surface area (Å²) in [5.41, 5.74) is -0.427. The highest BCUT2D eigenvalue weighted by atomic mass is 19.1. The van der Waals surface area contributed by atoms with E-state index in [0.717, 1.165) is 12.8 Å². The molecule has 1 aromatic heterocycles. The van der Waals surface area contributed by atoms with Crippen LogP contribution in [0.25, 0.3) is 0 Å². The lowest BCUT2D eigenvalue weighted by Gasteiger charge is -2.35. The number of hydrogen-bond donors (Lipinski definition) is 4. The number of carbonyl (C=O) groups excluding carboxylic acids is 3. The third-order valence-electron chi connectivity index (χ3n) is 6.56. The van der Waals surface area contributed by atoms with Crippen molar-refractivity contribution in [3.8, 4) is 6.01 Å². The number of rotatable bonds is 8. The number of hydrogen-bond acceptors (Lipinski definition) is 8. The maximum absolute atomic E-state index is 14.4. The van der Waals surface area contributed by atoms with Crippen LogP contribution in [0, 0.1) is 11.7 Å². The van der Waals surface area contributed by atoms with E-state index in [1.807, 2.05) is 4.90 Å². The van der Waals surface area contributed by atoms with Crippen molar-refractivity contribution >= 4 is 23.3 Å². The van der Waals surface area contributed by atoms with Crippen LogP contribution in [-0.4, -0.2) is 69.1 Å². The first-order chi connectivity index (χ1) is 16.7. The maximum atomic E-state index is 14.4. The molecule has 0 spiro atoms. The van der Waals surface area contributed by atoms with Crippen molar-refractivity contribution in [3.05, 3.63) is 47.5 Å². The fraction of sp³-hybridized carbons (Fsp3) is 0.458. The van der Waals surface area contributed by atoms with Gasteiger partial charge in [0.05, 0.1) is 16.8 Å². The summed E-state index contributed by atoms with van der Waals surface area (Å²) >= 11 is 0.